The molecular formula is C13H19NO3. The van der Waals surface area contributed by atoms with Crippen LogP contribution in [0.15, 0.2) is 23.0 Å². The van der Waals surface area contributed by atoms with Gasteiger partial charge in [0.25, 0.3) is 0 Å². The molecule has 1 aliphatic carbocycles. The maximum atomic E-state index is 11.6. The molecule has 2 rings (SSSR count). The van der Waals surface area contributed by atoms with Crippen LogP contribution in [0.25, 0.3) is 0 Å². The molecule has 0 bridgehead atoms. The summed E-state index contributed by atoms with van der Waals surface area (Å²) in [5.41, 5.74) is 0.700. The maximum Gasteiger partial charge on any atom is 0.220 e. The van der Waals surface area contributed by atoms with Gasteiger partial charge in [0.05, 0.1) is 18.6 Å². The number of hydrogen-bond acceptors (Lipinski definition) is 3. The Labute approximate surface area is 101 Å². The van der Waals surface area contributed by atoms with Gasteiger partial charge >= 0.3 is 0 Å². The molecular weight excluding hydrogens is 218 g/mol. The molecule has 0 aromatic carbocycles. The van der Waals surface area contributed by atoms with Gasteiger partial charge in [-0.2, -0.15) is 0 Å². The zero-order valence-corrected chi connectivity index (χ0v) is 9.89. The van der Waals surface area contributed by atoms with E-state index in [2.05, 4.69) is 5.32 Å². The molecule has 1 heterocycles. The molecule has 94 valence electrons. The van der Waals surface area contributed by atoms with E-state index in [0.29, 0.717) is 17.9 Å². The van der Waals surface area contributed by atoms with Crippen molar-refractivity contribution in [3.8, 4) is 0 Å². The molecule has 0 aliphatic heterocycles. The van der Waals surface area contributed by atoms with Crippen molar-refractivity contribution < 1.29 is 14.3 Å². The van der Waals surface area contributed by atoms with Crippen molar-refractivity contribution in [1.29, 1.82) is 0 Å². The molecule has 0 radical (unpaired) electrons. The standard InChI is InChI=1S/C13H19NO3/c15-12(11-5-6-17-9-11)8-14-13(16)7-10-3-1-2-4-10/h5-6,9-10,12,15H,1-4,7-8H2,(H,14,16). The third-order valence-corrected chi connectivity index (χ3v) is 3.37. The molecule has 0 saturated heterocycles. The second-order valence-corrected chi connectivity index (χ2v) is 4.73. The first-order valence-corrected chi connectivity index (χ1v) is 6.22. The second-order valence-electron chi connectivity index (χ2n) is 4.73. The Morgan fingerprint density at radius 3 is 2.94 bits per heavy atom. The first-order valence-electron chi connectivity index (χ1n) is 6.22. The number of nitrogens with one attached hydrogen (secondary N) is 1. The Morgan fingerprint density at radius 1 is 1.53 bits per heavy atom. The lowest BCUT2D eigenvalue weighted by molar-refractivity contribution is -0.122. The molecule has 1 fully saturated rings. The lowest BCUT2D eigenvalue weighted by Gasteiger charge is -2.12. The normalized spacial score (nSPS) is 18.2. The molecule has 1 atom stereocenters. The Hall–Kier alpha value is -1.29. The molecule has 1 unspecified atom stereocenters. The van der Waals surface area contributed by atoms with Crippen molar-refractivity contribution in [1.82, 2.24) is 5.32 Å². The van der Waals surface area contributed by atoms with E-state index in [0.717, 1.165) is 12.8 Å². The Bertz CT molecular complexity index is 342. The summed E-state index contributed by atoms with van der Waals surface area (Å²) in [4.78, 5) is 11.6. The molecule has 4 heteroatoms. The van der Waals surface area contributed by atoms with Crippen LogP contribution in [-0.2, 0) is 4.79 Å². The van der Waals surface area contributed by atoms with Gasteiger partial charge in [0.2, 0.25) is 5.91 Å². The number of furan rings is 1. The van der Waals surface area contributed by atoms with E-state index < -0.39 is 6.10 Å². The Morgan fingerprint density at radius 2 is 2.29 bits per heavy atom. The largest absolute Gasteiger partial charge is 0.472 e. The highest BCUT2D eigenvalue weighted by atomic mass is 16.3. The topological polar surface area (TPSA) is 62.5 Å². The van der Waals surface area contributed by atoms with Crippen molar-refractivity contribution in [2.45, 2.75) is 38.2 Å². The van der Waals surface area contributed by atoms with Crippen LogP contribution in [0, 0.1) is 5.92 Å². The van der Waals surface area contributed by atoms with Gasteiger partial charge in [-0.1, -0.05) is 12.8 Å². The van der Waals surface area contributed by atoms with Gasteiger partial charge in [0, 0.05) is 18.5 Å². The Balaban J connectivity index is 1.68. The van der Waals surface area contributed by atoms with Crippen LogP contribution in [-0.4, -0.2) is 17.6 Å². The summed E-state index contributed by atoms with van der Waals surface area (Å²) in [6.07, 6.45) is 7.74. The number of aliphatic hydroxyl groups excluding tert-OH is 1. The molecule has 2 N–H and O–H groups in total. The highest BCUT2D eigenvalue weighted by molar-refractivity contribution is 5.76. The number of rotatable bonds is 5. The van der Waals surface area contributed by atoms with Gasteiger partial charge in [-0.05, 0) is 24.8 Å². The Kier molecular flexibility index (Phi) is 4.20. The van der Waals surface area contributed by atoms with Crippen LogP contribution in [0.2, 0.25) is 0 Å². The summed E-state index contributed by atoms with van der Waals surface area (Å²) in [5.74, 6) is 0.584. The highest BCUT2D eigenvalue weighted by Gasteiger charge is 2.19. The van der Waals surface area contributed by atoms with Crippen LogP contribution in [0.1, 0.15) is 43.8 Å². The van der Waals surface area contributed by atoms with E-state index in [-0.39, 0.29) is 12.5 Å². The first kappa shape index (κ1) is 12.2. The molecule has 0 spiro atoms. The van der Waals surface area contributed by atoms with E-state index in [1.165, 1.54) is 25.4 Å². The number of carbonyl (C=O) groups excluding carboxylic acids is 1. The summed E-state index contributed by atoms with van der Waals surface area (Å²) < 4.78 is 4.88. The minimum absolute atomic E-state index is 0.0412. The van der Waals surface area contributed by atoms with Gasteiger partial charge in [-0.3, -0.25) is 4.79 Å². The number of amides is 1. The minimum atomic E-state index is -0.679. The number of carbonyl (C=O) groups is 1. The average Bonchev–Trinajstić information content (AvgIpc) is 2.97. The average molecular weight is 237 g/mol. The number of aliphatic hydroxyl groups is 1. The van der Waals surface area contributed by atoms with Crippen molar-refractivity contribution in [2.75, 3.05) is 6.54 Å². The third-order valence-electron chi connectivity index (χ3n) is 3.37. The summed E-state index contributed by atoms with van der Waals surface area (Å²) in [5, 5.41) is 12.5. The lowest BCUT2D eigenvalue weighted by Crippen LogP contribution is -2.29. The molecule has 1 aromatic heterocycles. The predicted octanol–water partition coefficient (Wildman–Crippen LogP) is 2.01. The van der Waals surface area contributed by atoms with Crippen LogP contribution in [0.4, 0.5) is 0 Å². The fourth-order valence-corrected chi connectivity index (χ4v) is 2.34. The molecule has 4 nitrogen and oxygen atoms in total. The van der Waals surface area contributed by atoms with E-state index in [1.807, 2.05) is 0 Å². The second kappa shape index (κ2) is 5.87. The van der Waals surface area contributed by atoms with E-state index in [9.17, 15) is 9.90 Å². The van der Waals surface area contributed by atoms with Gasteiger partial charge in [0.1, 0.15) is 0 Å². The van der Waals surface area contributed by atoms with Crippen LogP contribution < -0.4 is 5.32 Å². The van der Waals surface area contributed by atoms with Crippen molar-refractivity contribution in [2.24, 2.45) is 5.92 Å². The van der Waals surface area contributed by atoms with Gasteiger partial charge in [-0.15, -0.1) is 0 Å². The molecule has 17 heavy (non-hydrogen) atoms. The first-order chi connectivity index (χ1) is 8.25. The van der Waals surface area contributed by atoms with Crippen LogP contribution in [0.3, 0.4) is 0 Å². The van der Waals surface area contributed by atoms with Crippen molar-refractivity contribution in [3.05, 3.63) is 24.2 Å². The molecule has 1 amide bonds. The summed E-state index contributed by atoms with van der Waals surface area (Å²) in [6.45, 7) is 0.255. The van der Waals surface area contributed by atoms with Gasteiger partial charge < -0.3 is 14.8 Å². The summed E-state index contributed by atoms with van der Waals surface area (Å²) in [7, 11) is 0. The van der Waals surface area contributed by atoms with Crippen LogP contribution >= 0.6 is 0 Å². The summed E-state index contributed by atoms with van der Waals surface area (Å²) >= 11 is 0. The van der Waals surface area contributed by atoms with Gasteiger partial charge in [0.15, 0.2) is 0 Å². The van der Waals surface area contributed by atoms with E-state index in [4.69, 9.17) is 4.42 Å². The quantitative estimate of drug-likeness (QED) is 0.823. The zero-order valence-electron chi connectivity index (χ0n) is 9.89. The SMILES string of the molecule is O=C(CC1CCCC1)NCC(O)c1ccoc1. The number of hydrogen-bond donors (Lipinski definition) is 2. The zero-order chi connectivity index (χ0) is 12.1. The maximum absolute atomic E-state index is 11.6. The fourth-order valence-electron chi connectivity index (χ4n) is 2.34. The van der Waals surface area contributed by atoms with Crippen molar-refractivity contribution in [3.63, 3.8) is 0 Å². The monoisotopic (exact) mass is 237 g/mol. The lowest BCUT2D eigenvalue weighted by atomic mass is 10.0. The van der Waals surface area contributed by atoms with Gasteiger partial charge in [-0.25, -0.2) is 0 Å². The van der Waals surface area contributed by atoms with Crippen molar-refractivity contribution >= 4 is 5.91 Å². The molecule has 1 aliphatic rings. The fraction of sp³-hybridized carbons (Fsp3) is 0.615. The minimum Gasteiger partial charge on any atom is -0.472 e. The highest BCUT2D eigenvalue weighted by Crippen LogP contribution is 2.27. The summed E-state index contributed by atoms with van der Waals surface area (Å²) in [6, 6.07) is 1.70. The molecule has 1 saturated carbocycles. The van der Waals surface area contributed by atoms with E-state index >= 15 is 0 Å². The predicted molar refractivity (Wildman–Crippen MR) is 63.3 cm³/mol. The smallest absolute Gasteiger partial charge is 0.220 e. The molecule has 1 aromatic rings. The third kappa shape index (κ3) is 3.60. The van der Waals surface area contributed by atoms with Crippen LogP contribution in [0.5, 0.6) is 0 Å². The van der Waals surface area contributed by atoms with E-state index in [1.54, 1.807) is 6.07 Å².